The Labute approximate surface area is 209 Å². The molecule has 35 heavy (non-hydrogen) atoms. The SMILES string of the molecule is COc1ccc(Sc2nc(N)nc(NCCCCc3ncccc3C)c2-c2cccc(F)c2)cc1. The predicted molar refractivity (Wildman–Crippen MR) is 139 cm³/mol. The maximum absolute atomic E-state index is 14.1. The number of benzene rings is 2. The normalized spacial score (nSPS) is 10.8. The van der Waals surface area contributed by atoms with Crippen LogP contribution in [0.15, 0.2) is 76.8 Å². The number of nitrogens with two attached hydrogens (primary N) is 1. The molecule has 2 aromatic carbocycles. The summed E-state index contributed by atoms with van der Waals surface area (Å²) in [6.07, 6.45) is 4.64. The highest BCUT2D eigenvalue weighted by Gasteiger charge is 2.17. The number of halogens is 1. The van der Waals surface area contributed by atoms with Crippen LogP contribution in [0.1, 0.15) is 24.1 Å². The Bertz CT molecular complexity index is 1280. The Morgan fingerprint density at radius 2 is 1.86 bits per heavy atom. The number of pyridine rings is 1. The van der Waals surface area contributed by atoms with Crippen LogP contribution in [0.3, 0.4) is 0 Å². The summed E-state index contributed by atoms with van der Waals surface area (Å²) in [6, 6.07) is 18.1. The number of aryl methyl sites for hydroxylation is 2. The largest absolute Gasteiger partial charge is 0.497 e. The van der Waals surface area contributed by atoms with Crippen LogP contribution in [0, 0.1) is 12.7 Å². The zero-order chi connectivity index (χ0) is 24.6. The molecule has 0 aliphatic heterocycles. The predicted octanol–water partition coefficient (Wildman–Crippen LogP) is 6.16. The zero-order valence-electron chi connectivity index (χ0n) is 19.8. The molecule has 0 spiro atoms. The van der Waals surface area contributed by atoms with Crippen molar-refractivity contribution >= 4 is 23.5 Å². The molecule has 0 saturated heterocycles. The van der Waals surface area contributed by atoms with Crippen LogP contribution in [-0.2, 0) is 6.42 Å². The first kappa shape index (κ1) is 24.5. The van der Waals surface area contributed by atoms with Gasteiger partial charge in [-0.15, -0.1) is 0 Å². The van der Waals surface area contributed by atoms with Crippen molar-refractivity contribution in [1.29, 1.82) is 0 Å². The molecule has 3 N–H and O–H groups in total. The van der Waals surface area contributed by atoms with E-state index in [1.54, 1.807) is 13.2 Å². The van der Waals surface area contributed by atoms with Crippen LogP contribution >= 0.6 is 11.8 Å². The van der Waals surface area contributed by atoms with Crippen LogP contribution < -0.4 is 15.8 Å². The summed E-state index contributed by atoms with van der Waals surface area (Å²) < 4.78 is 19.4. The zero-order valence-corrected chi connectivity index (χ0v) is 20.6. The second kappa shape index (κ2) is 11.7. The van der Waals surface area contributed by atoms with Gasteiger partial charge in [-0.3, -0.25) is 4.98 Å². The molecule has 0 unspecified atom stereocenters. The van der Waals surface area contributed by atoms with Crippen LogP contribution in [0.25, 0.3) is 11.1 Å². The Kier molecular flexibility index (Phi) is 8.15. The average Bonchev–Trinajstić information content (AvgIpc) is 2.85. The molecule has 0 radical (unpaired) electrons. The third kappa shape index (κ3) is 6.48. The van der Waals surface area contributed by atoms with Crippen molar-refractivity contribution in [3.63, 3.8) is 0 Å². The molecule has 0 saturated carbocycles. The van der Waals surface area contributed by atoms with Crippen LogP contribution in [0.5, 0.6) is 5.75 Å². The van der Waals surface area contributed by atoms with E-state index in [0.29, 0.717) is 23.0 Å². The summed E-state index contributed by atoms with van der Waals surface area (Å²) in [5.74, 6) is 1.20. The van der Waals surface area contributed by atoms with Gasteiger partial charge in [-0.1, -0.05) is 30.0 Å². The van der Waals surface area contributed by atoms with Crippen LogP contribution in [-0.4, -0.2) is 28.6 Å². The summed E-state index contributed by atoms with van der Waals surface area (Å²) in [5.41, 5.74) is 9.82. The number of unbranched alkanes of at least 4 members (excludes halogenated alkanes) is 1. The van der Waals surface area contributed by atoms with Crippen LogP contribution in [0.4, 0.5) is 16.2 Å². The Hall–Kier alpha value is -3.65. The van der Waals surface area contributed by atoms with Crippen molar-refractivity contribution in [1.82, 2.24) is 15.0 Å². The highest BCUT2D eigenvalue weighted by atomic mass is 32.2. The lowest BCUT2D eigenvalue weighted by molar-refractivity contribution is 0.414. The van der Waals surface area contributed by atoms with Gasteiger partial charge in [0.25, 0.3) is 0 Å². The molecular formula is C27H28FN5OS. The van der Waals surface area contributed by atoms with Crippen molar-refractivity contribution in [2.45, 2.75) is 36.1 Å². The lowest BCUT2D eigenvalue weighted by Crippen LogP contribution is -2.09. The lowest BCUT2D eigenvalue weighted by atomic mass is 10.1. The minimum atomic E-state index is -0.323. The number of methoxy groups -OCH3 is 1. The van der Waals surface area contributed by atoms with Crippen molar-refractivity contribution in [2.75, 3.05) is 24.7 Å². The standard InChI is InChI=1S/C27H28FN5OS/c1-18-7-6-16-30-23(18)10-3-4-15-31-25-24(19-8-5-9-20(28)17-19)26(33-27(29)32-25)35-22-13-11-21(34-2)12-14-22/h5-9,11-14,16-17H,3-4,10,15H2,1-2H3,(H3,29,31,32,33). The minimum absolute atomic E-state index is 0.160. The molecule has 2 aromatic heterocycles. The Balaban J connectivity index is 1.56. The quantitative estimate of drug-likeness (QED) is 0.204. The number of ether oxygens (including phenoxy) is 1. The minimum Gasteiger partial charge on any atom is -0.497 e. The van der Waals surface area contributed by atoms with Crippen molar-refractivity contribution in [3.05, 3.63) is 83.9 Å². The molecule has 0 amide bonds. The summed E-state index contributed by atoms with van der Waals surface area (Å²) in [5, 5.41) is 4.06. The maximum Gasteiger partial charge on any atom is 0.223 e. The van der Waals surface area contributed by atoms with Gasteiger partial charge in [0.1, 0.15) is 22.4 Å². The highest BCUT2D eigenvalue weighted by Crippen LogP contribution is 2.39. The molecule has 0 atom stereocenters. The molecule has 2 heterocycles. The van der Waals surface area contributed by atoms with E-state index in [-0.39, 0.29) is 11.8 Å². The van der Waals surface area contributed by atoms with Gasteiger partial charge in [-0.2, -0.15) is 4.98 Å². The van der Waals surface area contributed by atoms with Gasteiger partial charge in [0.05, 0.1) is 12.7 Å². The molecule has 0 aliphatic carbocycles. The summed E-state index contributed by atoms with van der Waals surface area (Å²) >= 11 is 1.45. The molecule has 0 bridgehead atoms. The van der Waals surface area contributed by atoms with Gasteiger partial charge in [0.15, 0.2) is 0 Å². The first-order chi connectivity index (χ1) is 17.0. The van der Waals surface area contributed by atoms with Gasteiger partial charge in [-0.05, 0) is 79.8 Å². The van der Waals surface area contributed by atoms with E-state index >= 15 is 0 Å². The van der Waals surface area contributed by atoms with E-state index in [2.05, 4.69) is 33.3 Å². The number of rotatable bonds is 10. The number of hydrogen-bond donors (Lipinski definition) is 2. The molecule has 0 aliphatic rings. The van der Waals surface area contributed by atoms with Gasteiger partial charge in [-0.25, -0.2) is 9.37 Å². The third-order valence-electron chi connectivity index (χ3n) is 5.53. The molecule has 4 aromatic rings. The average molecular weight is 490 g/mol. The second-order valence-corrected chi connectivity index (χ2v) is 9.11. The first-order valence-corrected chi connectivity index (χ1v) is 12.2. The van der Waals surface area contributed by atoms with E-state index in [0.717, 1.165) is 41.2 Å². The molecule has 6 nitrogen and oxygen atoms in total. The first-order valence-electron chi connectivity index (χ1n) is 11.4. The number of nitrogens with zero attached hydrogens (tertiary/aromatic N) is 3. The van der Waals surface area contributed by atoms with Gasteiger partial charge in [0, 0.05) is 23.3 Å². The maximum atomic E-state index is 14.1. The van der Waals surface area contributed by atoms with Gasteiger partial charge in [0.2, 0.25) is 5.95 Å². The smallest absolute Gasteiger partial charge is 0.223 e. The lowest BCUT2D eigenvalue weighted by Gasteiger charge is -2.16. The van der Waals surface area contributed by atoms with Crippen molar-refractivity contribution in [3.8, 4) is 16.9 Å². The molecule has 180 valence electrons. The fourth-order valence-corrected chi connectivity index (χ4v) is 4.67. The second-order valence-electron chi connectivity index (χ2n) is 8.05. The summed E-state index contributed by atoms with van der Waals surface area (Å²) in [7, 11) is 1.63. The third-order valence-corrected chi connectivity index (χ3v) is 6.53. The number of anilines is 2. The topological polar surface area (TPSA) is 86.0 Å². The number of nitrogens with one attached hydrogen (secondary N) is 1. The Morgan fingerprint density at radius 3 is 2.60 bits per heavy atom. The van der Waals surface area contributed by atoms with Crippen molar-refractivity contribution in [2.24, 2.45) is 0 Å². The fraction of sp³-hybridized carbons (Fsp3) is 0.222. The van der Waals surface area contributed by atoms with Gasteiger partial charge >= 0.3 is 0 Å². The van der Waals surface area contributed by atoms with E-state index in [9.17, 15) is 4.39 Å². The van der Waals surface area contributed by atoms with E-state index in [4.69, 9.17) is 10.5 Å². The molecule has 0 fully saturated rings. The number of aromatic nitrogens is 3. The molecule has 4 rings (SSSR count). The number of nitrogen functional groups attached to an aromatic ring is 1. The summed E-state index contributed by atoms with van der Waals surface area (Å²) in [4.78, 5) is 14.4. The summed E-state index contributed by atoms with van der Waals surface area (Å²) in [6.45, 7) is 2.77. The molecule has 8 heteroatoms. The Morgan fingerprint density at radius 1 is 1.03 bits per heavy atom. The highest BCUT2D eigenvalue weighted by molar-refractivity contribution is 7.99. The van der Waals surface area contributed by atoms with Crippen LogP contribution in [0.2, 0.25) is 0 Å². The monoisotopic (exact) mass is 489 g/mol. The van der Waals surface area contributed by atoms with E-state index in [1.807, 2.05) is 42.6 Å². The fourth-order valence-electron chi connectivity index (χ4n) is 3.72. The molecular weight excluding hydrogens is 461 g/mol. The number of hydrogen-bond acceptors (Lipinski definition) is 7. The van der Waals surface area contributed by atoms with Crippen molar-refractivity contribution < 1.29 is 9.13 Å². The van der Waals surface area contributed by atoms with E-state index in [1.165, 1.54) is 29.5 Å². The van der Waals surface area contributed by atoms with E-state index < -0.39 is 0 Å². The van der Waals surface area contributed by atoms with Gasteiger partial charge < -0.3 is 15.8 Å².